The van der Waals surface area contributed by atoms with Gasteiger partial charge >= 0.3 is 0 Å². The highest BCUT2D eigenvalue weighted by molar-refractivity contribution is 7.99. The Morgan fingerprint density at radius 2 is 1.88 bits per heavy atom. The number of hydrogen-bond acceptors (Lipinski definition) is 5. The molecular weight excluding hydrogens is 358 g/mol. The Kier molecular flexibility index (Phi) is 5.54. The number of hydrogen-bond donors (Lipinski definition) is 1. The lowest BCUT2D eigenvalue weighted by molar-refractivity contribution is -0.130. The van der Waals surface area contributed by atoms with Crippen molar-refractivity contribution in [1.29, 1.82) is 0 Å². The van der Waals surface area contributed by atoms with Crippen molar-refractivity contribution in [3.05, 3.63) is 29.3 Å². The van der Waals surface area contributed by atoms with E-state index in [4.69, 9.17) is 17.4 Å². The summed E-state index contributed by atoms with van der Waals surface area (Å²) in [7, 11) is 0. The van der Waals surface area contributed by atoms with Crippen LogP contribution in [0.5, 0.6) is 0 Å². The molecule has 1 aliphatic rings. The number of halogens is 1. The van der Waals surface area contributed by atoms with Crippen LogP contribution in [-0.2, 0) is 4.79 Å². The van der Waals surface area contributed by atoms with E-state index in [9.17, 15) is 4.79 Å². The Balaban J connectivity index is 1.64. The van der Waals surface area contributed by atoms with Crippen molar-refractivity contribution in [2.75, 3.05) is 24.7 Å². The molecule has 1 amide bonds. The number of benzene rings is 1. The van der Waals surface area contributed by atoms with Crippen LogP contribution < -0.4 is 5.84 Å². The van der Waals surface area contributed by atoms with E-state index in [1.165, 1.54) is 22.9 Å². The van der Waals surface area contributed by atoms with Crippen LogP contribution in [0.1, 0.15) is 20.3 Å². The van der Waals surface area contributed by atoms with Gasteiger partial charge in [0.15, 0.2) is 5.82 Å². The van der Waals surface area contributed by atoms with E-state index in [-0.39, 0.29) is 5.91 Å². The number of nitrogens with two attached hydrogens (primary N) is 1. The minimum absolute atomic E-state index is 0.124. The summed E-state index contributed by atoms with van der Waals surface area (Å²) in [5.74, 6) is 8.18. The van der Waals surface area contributed by atoms with Crippen LogP contribution >= 0.6 is 23.4 Å². The number of amides is 1. The SMILES string of the molecule is C[C@@H]1C[C@@H](C)CN(C(=O)CSc2nnc(-c3ccc(Cl)cc3)n2N)C1. The fourth-order valence-corrected chi connectivity index (χ4v) is 4.14. The Morgan fingerprint density at radius 3 is 2.52 bits per heavy atom. The number of aromatic nitrogens is 3. The third kappa shape index (κ3) is 4.27. The molecule has 0 unspecified atom stereocenters. The molecule has 2 aromatic rings. The molecule has 134 valence electrons. The minimum atomic E-state index is 0.124. The predicted octanol–water partition coefficient (Wildman–Crippen LogP) is 2.91. The fraction of sp³-hybridized carbons (Fsp3) is 0.471. The number of carbonyl (C=O) groups excluding carboxylic acids is 1. The minimum Gasteiger partial charge on any atom is -0.341 e. The summed E-state index contributed by atoms with van der Waals surface area (Å²) in [4.78, 5) is 14.4. The first-order valence-electron chi connectivity index (χ1n) is 8.31. The van der Waals surface area contributed by atoms with Gasteiger partial charge in [-0.25, -0.2) is 4.68 Å². The maximum Gasteiger partial charge on any atom is 0.233 e. The zero-order valence-electron chi connectivity index (χ0n) is 14.4. The van der Waals surface area contributed by atoms with Gasteiger partial charge < -0.3 is 10.7 Å². The second-order valence-electron chi connectivity index (χ2n) is 6.72. The standard InChI is InChI=1S/C17H22ClN5OS/c1-11-7-12(2)9-22(8-11)15(24)10-25-17-21-20-16(23(17)19)13-3-5-14(18)6-4-13/h3-6,11-12H,7-10,19H2,1-2H3/t11-,12-/m1/s1. The second kappa shape index (κ2) is 7.66. The van der Waals surface area contributed by atoms with Crippen LogP contribution in [0.3, 0.4) is 0 Å². The monoisotopic (exact) mass is 379 g/mol. The molecule has 2 N–H and O–H groups in total. The van der Waals surface area contributed by atoms with Crippen LogP contribution in [0.25, 0.3) is 11.4 Å². The van der Waals surface area contributed by atoms with Gasteiger partial charge in [-0.1, -0.05) is 37.2 Å². The van der Waals surface area contributed by atoms with E-state index in [1.54, 1.807) is 12.1 Å². The van der Waals surface area contributed by atoms with Crippen molar-refractivity contribution in [1.82, 2.24) is 19.8 Å². The number of nitrogens with zero attached hydrogens (tertiary/aromatic N) is 4. The van der Waals surface area contributed by atoms with Crippen molar-refractivity contribution in [2.45, 2.75) is 25.4 Å². The maximum absolute atomic E-state index is 12.5. The zero-order chi connectivity index (χ0) is 18.0. The van der Waals surface area contributed by atoms with Gasteiger partial charge in [0.2, 0.25) is 11.1 Å². The normalized spacial score (nSPS) is 20.7. The van der Waals surface area contributed by atoms with Crippen LogP contribution in [0.15, 0.2) is 29.4 Å². The second-order valence-corrected chi connectivity index (χ2v) is 8.10. The summed E-state index contributed by atoms with van der Waals surface area (Å²) < 4.78 is 1.42. The summed E-state index contributed by atoms with van der Waals surface area (Å²) >= 11 is 7.22. The molecule has 1 aromatic carbocycles. The summed E-state index contributed by atoms with van der Waals surface area (Å²) in [5.41, 5.74) is 0.830. The molecule has 1 aromatic heterocycles. The molecule has 1 fully saturated rings. The van der Waals surface area contributed by atoms with Crippen LogP contribution in [0, 0.1) is 11.8 Å². The Bertz CT molecular complexity index is 738. The molecule has 0 aliphatic carbocycles. The lowest BCUT2D eigenvalue weighted by atomic mass is 9.92. The number of piperidine rings is 1. The molecule has 8 heteroatoms. The average molecular weight is 380 g/mol. The summed E-state index contributed by atoms with van der Waals surface area (Å²) in [6.07, 6.45) is 1.18. The molecule has 0 bridgehead atoms. The highest BCUT2D eigenvalue weighted by atomic mass is 35.5. The highest BCUT2D eigenvalue weighted by Crippen LogP contribution is 2.25. The predicted molar refractivity (Wildman–Crippen MR) is 101 cm³/mol. The molecule has 25 heavy (non-hydrogen) atoms. The van der Waals surface area contributed by atoms with Crippen molar-refractivity contribution >= 4 is 29.3 Å². The number of nitrogen functional groups attached to an aromatic ring is 1. The number of likely N-dealkylation sites (tertiary alicyclic amines) is 1. The van der Waals surface area contributed by atoms with E-state index < -0.39 is 0 Å². The largest absolute Gasteiger partial charge is 0.341 e. The van der Waals surface area contributed by atoms with Gasteiger partial charge in [0.05, 0.1) is 5.75 Å². The average Bonchev–Trinajstić information content (AvgIpc) is 2.93. The van der Waals surface area contributed by atoms with Gasteiger partial charge in [0.25, 0.3) is 0 Å². The topological polar surface area (TPSA) is 77.0 Å². The first kappa shape index (κ1) is 18.1. The lowest BCUT2D eigenvalue weighted by Gasteiger charge is -2.34. The van der Waals surface area contributed by atoms with Gasteiger partial charge in [0, 0.05) is 23.7 Å². The van der Waals surface area contributed by atoms with E-state index in [1.807, 2.05) is 17.0 Å². The summed E-state index contributed by atoms with van der Waals surface area (Å²) in [5, 5.41) is 9.41. The van der Waals surface area contributed by atoms with E-state index >= 15 is 0 Å². The lowest BCUT2D eigenvalue weighted by Crippen LogP contribution is -2.43. The zero-order valence-corrected chi connectivity index (χ0v) is 15.9. The quantitative estimate of drug-likeness (QED) is 0.652. The molecule has 2 atom stereocenters. The van der Waals surface area contributed by atoms with Crippen molar-refractivity contribution in [3.63, 3.8) is 0 Å². The summed E-state index contributed by atoms with van der Waals surface area (Å²) in [6, 6.07) is 7.23. The van der Waals surface area contributed by atoms with Gasteiger partial charge in [-0.15, -0.1) is 10.2 Å². The number of carbonyl (C=O) groups is 1. The molecule has 0 spiro atoms. The smallest absolute Gasteiger partial charge is 0.233 e. The highest BCUT2D eigenvalue weighted by Gasteiger charge is 2.25. The molecular formula is C17H22ClN5OS. The first-order valence-corrected chi connectivity index (χ1v) is 9.67. The number of rotatable bonds is 4. The Hall–Kier alpha value is -1.73. The first-order chi connectivity index (χ1) is 11.9. The van der Waals surface area contributed by atoms with Gasteiger partial charge in [-0.05, 0) is 42.5 Å². The van der Waals surface area contributed by atoms with E-state index in [0.717, 1.165) is 18.7 Å². The van der Waals surface area contributed by atoms with Gasteiger partial charge in [-0.2, -0.15) is 0 Å². The molecule has 6 nitrogen and oxygen atoms in total. The van der Waals surface area contributed by atoms with Crippen molar-refractivity contribution < 1.29 is 4.79 Å². The third-order valence-electron chi connectivity index (χ3n) is 4.31. The van der Waals surface area contributed by atoms with Crippen LogP contribution in [0.4, 0.5) is 0 Å². The van der Waals surface area contributed by atoms with Gasteiger partial charge in [-0.3, -0.25) is 4.79 Å². The Morgan fingerprint density at radius 1 is 1.24 bits per heavy atom. The van der Waals surface area contributed by atoms with Crippen LogP contribution in [0.2, 0.25) is 5.02 Å². The maximum atomic E-state index is 12.5. The third-order valence-corrected chi connectivity index (χ3v) is 5.49. The van der Waals surface area contributed by atoms with Crippen molar-refractivity contribution in [3.8, 4) is 11.4 Å². The number of thioether (sulfide) groups is 1. The Labute approximate surface area is 156 Å². The molecule has 1 saturated heterocycles. The molecule has 1 aliphatic heterocycles. The van der Waals surface area contributed by atoms with Gasteiger partial charge in [0.1, 0.15) is 0 Å². The van der Waals surface area contributed by atoms with E-state index in [2.05, 4.69) is 24.0 Å². The summed E-state index contributed by atoms with van der Waals surface area (Å²) in [6.45, 7) is 6.04. The molecule has 0 saturated carbocycles. The van der Waals surface area contributed by atoms with E-state index in [0.29, 0.717) is 33.6 Å². The molecule has 0 radical (unpaired) electrons. The molecule has 3 rings (SSSR count). The fourth-order valence-electron chi connectivity index (χ4n) is 3.26. The molecule has 2 heterocycles. The van der Waals surface area contributed by atoms with Crippen LogP contribution in [-0.4, -0.2) is 44.5 Å². The van der Waals surface area contributed by atoms with Crippen molar-refractivity contribution in [2.24, 2.45) is 11.8 Å².